The summed E-state index contributed by atoms with van der Waals surface area (Å²) in [5, 5.41) is 22.7. The van der Waals surface area contributed by atoms with Crippen LogP contribution in [0.1, 0.15) is 5.56 Å². The third-order valence-electron chi connectivity index (χ3n) is 16.1. The van der Waals surface area contributed by atoms with E-state index >= 15 is 0 Å². The van der Waals surface area contributed by atoms with Gasteiger partial charge >= 0.3 is 0 Å². The summed E-state index contributed by atoms with van der Waals surface area (Å²) in [6, 6.07) is 94.5. The minimum Gasteiger partial charge on any atom is -0.319 e. The van der Waals surface area contributed by atoms with Crippen molar-refractivity contribution < 1.29 is 0 Å². The summed E-state index contributed by atoms with van der Waals surface area (Å²) < 4.78 is 9.17. The molecule has 0 atom stereocenters. The summed E-state index contributed by atoms with van der Waals surface area (Å²) in [4.78, 5) is 6.68. The number of nitriles is 1. The summed E-state index contributed by atoms with van der Waals surface area (Å²) >= 11 is 0. The quantitative estimate of drug-likeness (QED) is 0.149. The van der Waals surface area contributed by atoms with Crippen LogP contribution < -0.4 is 4.90 Å². The molecule has 0 spiro atoms. The van der Waals surface area contributed by atoms with Crippen molar-refractivity contribution in [3.05, 3.63) is 278 Å². The van der Waals surface area contributed by atoms with E-state index in [9.17, 15) is 5.26 Å². The molecule has 0 fully saturated rings. The molecule has 0 aliphatic heterocycles. The Morgan fingerprint density at radius 2 is 0.861 bits per heavy atom. The number of nitrogens with zero attached hydrogens (tertiary/aromatic N) is 7. The Labute approximate surface area is 453 Å². The van der Waals surface area contributed by atoms with E-state index in [1.54, 1.807) is 0 Å². The number of hydrogen-bond acceptors (Lipinski definition) is 2. The maximum atomic E-state index is 11.7. The molecule has 4 aromatic heterocycles. The van der Waals surface area contributed by atoms with Crippen LogP contribution in [0.4, 0.5) is 22.7 Å². The topological polar surface area (TPSA) is 51.1 Å². The Hall–Kier alpha value is -11.1. The van der Waals surface area contributed by atoms with Crippen LogP contribution in [-0.4, -0.2) is 18.3 Å². The lowest BCUT2D eigenvalue weighted by molar-refractivity contribution is 1.13. The molecule has 16 aromatic rings. The molecule has 0 saturated carbocycles. The average Bonchev–Trinajstić information content (AvgIpc) is 4.45. The highest BCUT2D eigenvalue weighted by atomic mass is 15.1. The molecule has 366 valence electrons. The van der Waals surface area contributed by atoms with E-state index in [0.29, 0.717) is 22.6 Å². The molecule has 12 aromatic carbocycles. The molecule has 0 amide bonds. The van der Waals surface area contributed by atoms with Gasteiger partial charge in [-0.05, 0) is 120 Å². The molecule has 4 heterocycles. The van der Waals surface area contributed by atoms with E-state index in [-0.39, 0.29) is 0 Å². The second-order valence-electron chi connectivity index (χ2n) is 20.3. The Balaban J connectivity index is 0.993. The molecule has 0 N–H and O–H groups in total. The van der Waals surface area contributed by atoms with Gasteiger partial charge < -0.3 is 23.2 Å². The Kier molecular flexibility index (Phi) is 9.63. The van der Waals surface area contributed by atoms with Crippen molar-refractivity contribution in [2.75, 3.05) is 4.90 Å². The summed E-state index contributed by atoms with van der Waals surface area (Å²) in [5.41, 5.74) is 15.4. The largest absolute Gasteiger partial charge is 0.319 e. The van der Waals surface area contributed by atoms with E-state index < -0.39 is 0 Å². The van der Waals surface area contributed by atoms with Gasteiger partial charge in [0.05, 0.1) is 67.6 Å². The van der Waals surface area contributed by atoms with Crippen LogP contribution in [-0.2, 0) is 0 Å². The van der Waals surface area contributed by atoms with Crippen LogP contribution in [0.15, 0.2) is 261 Å². The molecule has 0 bridgehead atoms. The molecule has 0 aliphatic carbocycles. The van der Waals surface area contributed by atoms with Gasteiger partial charge in [0.25, 0.3) is 0 Å². The number of anilines is 3. The summed E-state index contributed by atoms with van der Waals surface area (Å²) in [6.07, 6.45) is 0. The SMILES string of the molecule is [C-]#[N+]c1cc(-n2c3ccc(-n4c5ccccc5c5ccccc54)cc3c3ccc4c5ccccc5n(-c5ccccc5)c4c32)c(C#N)cc1-n1c2ccc(N(c3ccccc3)c3ccccc3)cc2c2c3ccccc3ccc21. The summed E-state index contributed by atoms with van der Waals surface area (Å²) in [7, 11) is 0. The van der Waals surface area contributed by atoms with E-state index in [2.05, 4.69) is 271 Å². The Morgan fingerprint density at radius 1 is 0.342 bits per heavy atom. The highest BCUT2D eigenvalue weighted by Gasteiger charge is 2.27. The lowest BCUT2D eigenvalue weighted by atomic mass is 10.0. The average molecular weight is 1010 g/mol. The smallest absolute Gasteiger partial charge is 0.212 e. The highest BCUT2D eigenvalue weighted by molar-refractivity contribution is 6.25. The van der Waals surface area contributed by atoms with Crippen molar-refractivity contribution in [2.24, 2.45) is 0 Å². The molecule has 0 aliphatic rings. The Bertz CT molecular complexity index is 5180. The molecule has 16 rings (SSSR count). The molecular formula is C72H43N7. The van der Waals surface area contributed by atoms with Crippen molar-refractivity contribution in [3.8, 4) is 28.8 Å². The fourth-order valence-corrected chi connectivity index (χ4v) is 12.9. The van der Waals surface area contributed by atoms with Crippen LogP contribution in [0.5, 0.6) is 0 Å². The third kappa shape index (κ3) is 6.45. The summed E-state index contributed by atoms with van der Waals surface area (Å²) in [5.74, 6) is 0. The molecule has 7 nitrogen and oxygen atoms in total. The number of rotatable bonds is 7. The monoisotopic (exact) mass is 1010 g/mol. The second kappa shape index (κ2) is 17.2. The lowest BCUT2D eigenvalue weighted by Crippen LogP contribution is -2.09. The van der Waals surface area contributed by atoms with Crippen molar-refractivity contribution >= 4 is 121 Å². The van der Waals surface area contributed by atoms with E-state index in [4.69, 9.17) is 6.57 Å². The van der Waals surface area contributed by atoms with Gasteiger partial charge in [0, 0.05) is 71.5 Å². The normalized spacial score (nSPS) is 11.8. The zero-order chi connectivity index (χ0) is 52.3. The van der Waals surface area contributed by atoms with Crippen LogP contribution in [0, 0.1) is 17.9 Å². The van der Waals surface area contributed by atoms with Crippen molar-refractivity contribution in [1.29, 1.82) is 5.26 Å². The lowest BCUT2D eigenvalue weighted by Gasteiger charge is -2.25. The number of benzene rings is 12. The van der Waals surface area contributed by atoms with Crippen LogP contribution in [0.2, 0.25) is 0 Å². The zero-order valence-corrected chi connectivity index (χ0v) is 42.5. The first kappa shape index (κ1) is 44.2. The molecule has 79 heavy (non-hydrogen) atoms. The van der Waals surface area contributed by atoms with Crippen LogP contribution in [0.3, 0.4) is 0 Å². The standard InChI is InChI=1S/C72H43N7/c1-74-61-44-68(47(45-73)41-69(61)78-66-40-34-51(75(48-20-5-2-6-21-48)49-22-7-3-8-23-49)43-60(66)70-53-26-12-11-19-46(53)33-38-67(70)78)79-65-39-35-52(76-62-30-16-13-27-54(62)55-28-14-17-31-63(55)76)42-59(65)58-37-36-57-56-29-15-18-32-64(56)77(71(57)72(58)79)50-24-9-4-10-25-50/h2-44H. The number of hydrogen-bond donors (Lipinski definition) is 0. The fourth-order valence-electron chi connectivity index (χ4n) is 12.9. The van der Waals surface area contributed by atoms with Gasteiger partial charge in [-0.15, -0.1) is 0 Å². The van der Waals surface area contributed by atoms with Crippen LogP contribution in [0.25, 0.3) is 126 Å². The first-order chi connectivity index (χ1) is 39.1. The van der Waals surface area contributed by atoms with E-state index in [1.165, 1.54) is 10.8 Å². The summed E-state index contributed by atoms with van der Waals surface area (Å²) in [6.45, 7) is 9.09. The number of aromatic nitrogens is 4. The minimum atomic E-state index is 0.424. The van der Waals surface area contributed by atoms with Gasteiger partial charge in [-0.1, -0.05) is 152 Å². The maximum absolute atomic E-state index is 11.7. The first-order valence-corrected chi connectivity index (χ1v) is 26.5. The van der Waals surface area contributed by atoms with Crippen molar-refractivity contribution in [2.45, 2.75) is 0 Å². The second-order valence-corrected chi connectivity index (χ2v) is 20.3. The van der Waals surface area contributed by atoms with Crippen molar-refractivity contribution in [3.63, 3.8) is 0 Å². The van der Waals surface area contributed by atoms with Crippen LogP contribution >= 0.6 is 0 Å². The highest BCUT2D eigenvalue weighted by Crippen LogP contribution is 2.47. The molecule has 0 radical (unpaired) electrons. The fraction of sp³-hybridized carbons (Fsp3) is 0. The molecule has 0 saturated heterocycles. The van der Waals surface area contributed by atoms with Gasteiger partial charge in [-0.2, -0.15) is 5.26 Å². The number of fused-ring (bicyclic) bond motifs is 15. The zero-order valence-electron chi connectivity index (χ0n) is 42.5. The Morgan fingerprint density at radius 3 is 1.52 bits per heavy atom. The maximum Gasteiger partial charge on any atom is 0.212 e. The molecule has 7 heteroatoms. The van der Waals surface area contributed by atoms with Gasteiger partial charge in [0.2, 0.25) is 5.69 Å². The third-order valence-corrected chi connectivity index (χ3v) is 16.1. The molecule has 0 unspecified atom stereocenters. The van der Waals surface area contributed by atoms with Gasteiger partial charge in [0.1, 0.15) is 6.07 Å². The van der Waals surface area contributed by atoms with Gasteiger partial charge in [-0.25, -0.2) is 4.85 Å². The minimum absolute atomic E-state index is 0.424. The van der Waals surface area contributed by atoms with E-state index in [1.807, 2.05) is 24.3 Å². The molecular weight excluding hydrogens is 963 g/mol. The van der Waals surface area contributed by atoms with Gasteiger partial charge in [0.15, 0.2) is 0 Å². The predicted octanol–water partition coefficient (Wildman–Crippen LogP) is 19.1. The van der Waals surface area contributed by atoms with Gasteiger partial charge in [-0.3, -0.25) is 0 Å². The van der Waals surface area contributed by atoms with Crippen molar-refractivity contribution in [1.82, 2.24) is 18.3 Å². The van der Waals surface area contributed by atoms with E-state index in [0.717, 1.165) is 116 Å². The number of para-hydroxylation sites is 6. The first-order valence-electron chi connectivity index (χ1n) is 26.5. The predicted molar refractivity (Wildman–Crippen MR) is 327 cm³/mol.